The van der Waals surface area contributed by atoms with Crippen molar-refractivity contribution in [2.75, 3.05) is 6.79 Å². The fraction of sp³-hybridized carbons (Fsp3) is 0.235. The number of halogens is 1. The Morgan fingerprint density at radius 2 is 1.95 bits per heavy atom. The molecular weight excluding hydrogens is 271 g/mol. The van der Waals surface area contributed by atoms with Gasteiger partial charge < -0.3 is 14.3 Å². The maximum absolute atomic E-state index is 14.0. The van der Waals surface area contributed by atoms with E-state index in [2.05, 4.69) is 0 Å². The standard InChI is InChI=1S/C17H15FO3/c1-17(10-19,13-4-2-3-5-14(13)18)9-12-6-7-15-16(8-12)21-11-20-15/h2-8,10H,9,11H2,1H3. The highest BCUT2D eigenvalue weighted by atomic mass is 19.1. The van der Waals surface area contributed by atoms with Crippen LogP contribution in [0.15, 0.2) is 42.5 Å². The fourth-order valence-corrected chi connectivity index (χ4v) is 2.60. The second kappa shape index (κ2) is 5.20. The van der Waals surface area contributed by atoms with Crippen molar-refractivity contribution in [3.05, 3.63) is 59.4 Å². The molecule has 0 aliphatic carbocycles. The molecule has 0 N–H and O–H groups in total. The van der Waals surface area contributed by atoms with E-state index in [1.54, 1.807) is 25.1 Å². The quantitative estimate of drug-likeness (QED) is 0.809. The molecule has 1 atom stereocenters. The third-order valence-electron chi connectivity index (χ3n) is 3.76. The summed E-state index contributed by atoms with van der Waals surface area (Å²) in [5.74, 6) is 0.986. The van der Waals surface area contributed by atoms with Crippen molar-refractivity contribution < 1.29 is 18.7 Å². The van der Waals surface area contributed by atoms with Crippen LogP contribution < -0.4 is 9.47 Å². The first-order chi connectivity index (χ1) is 10.1. The van der Waals surface area contributed by atoms with Gasteiger partial charge in [0.25, 0.3) is 0 Å². The molecule has 2 aromatic rings. The van der Waals surface area contributed by atoms with Gasteiger partial charge in [0.05, 0.1) is 5.41 Å². The summed E-state index contributed by atoms with van der Waals surface area (Å²) in [7, 11) is 0. The van der Waals surface area contributed by atoms with Crippen LogP contribution in [0.4, 0.5) is 4.39 Å². The first kappa shape index (κ1) is 13.6. The lowest BCUT2D eigenvalue weighted by molar-refractivity contribution is -0.112. The molecule has 0 bridgehead atoms. The number of rotatable bonds is 4. The predicted molar refractivity (Wildman–Crippen MR) is 76.1 cm³/mol. The molecule has 0 saturated heterocycles. The minimum atomic E-state index is -0.918. The van der Waals surface area contributed by atoms with Gasteiger partial charge >= 0.3 is 0 Å². The summed E-state index contributed by atoms with van der Waals surface area (Å²) in [6.07, 6.45) is 1.20. The Bertz CT molecular complexity index is 683. The van der Waals surface area contributed by atoms with Crippen molar-refractivity contribution in [1.29, 1.82) is 0 Å². The Morgan fingerprint density at radius 1 is 1.19 bits per heavy atom. The van der Waals surface area contributed by atoms with Crippen LogP contribution in [0.2, 0.25) is 0 Å². The number of benzene rings is 2. The average Bonchev–Trinajstić information content (AvgIpc) is 2.95. The molecule has 3 nitrogen and oxygen atoms in total. The number of carbonyl (C=O) groups is 1. The molecule has 0 amide bonds. The van der Waals surface area contributed by atoms with Crippen molar-refractivity contribution in [2.45, 2.75) is 18.8 Å². The van der Waals surface area contributed by atoms with E-state index in [-0.39, 0.29) is 12.6 Å². The van der Waals surface area contributed by atoms with E-state index in [0.29, 0.717) is 23.5 Å². The lowest BCUT2D eigenvalue weighted by atomic mass is 9.78. The highest BCUT2D eigenvalue weighted by Gasteiger charge is 2.30. The normalized spacial score (nSPS) is 15.5. The largest absolute Gasteiger partial charge is 0.454 e. The Hall–Kier alpha value is -2.36. The van der Waals surface area contributed by atoms with Crippen LogP contribution in [0.5, 0.6) is 11.5 Å². The first-order valence-electron chi connectivity index (χ1n) is 6.72. The van der Waals surface area contributed by atoms with Gasteiger partial charge in [0.2, 0.25) is 6.79 Å². The topological polar surface area (TPSA) is 35.5 Å². The van der Waals surface area contributed by atoms with E-state index in [9.17, 15) is 9.18 Å². The van der Waals surface area contributed by atoms with Gasteiger partial charge in [0, 0.05) is 5.56 Å². The second-order valence-corrected chi connectivity index (χ2v) is 5.38. The van der Waals surface area contributed by atoms with Crippen molar-refractivity contribution in [1.82, 2.24) is 0 Å². The van der Waals surface area contributed by atoms with Crippen LogP contribution in [-0.4, -0.2) is 13.1 Å². The van der Waals surface area contributed by atoms with Crippen LogP contribution in [0.3, 0.4) is 0 Å². The van der Waals surface area contributed by atoms with Gasteiger partial charge in [-0.15, -0.1) is 0 Å². The summed E-state index contributed by atoms with van der Waals surface area (Å²) in [6.45, 7) is 1.94. The van der Waals surface area contributed by atoms with E-state index >= 15 is 0 Å². The maximum atomic E-state index is 14.0. The number of fused-ring (bicyclic) bond motifs is 1. The van der Waals surface area contributed by atoms with Gasteiger partial charge in [-0.3, -0.25) is 0 Å². The molecule has 1 aliphatic heterocycles. The van der Waals surface area contributed by atoms with Gasteiger partial charge in [-0.25, -0.2) is 4.39 Å². The third-order valence-corrected chi connectivity index (χ3v) is 3.76. The fourth-order valence-electron chi connectivity index (χ4n) is 2.60. The first-order valence-corrected chi connectivity index (χ1v) is 6.72. The number of hydrogen-bond donors (Lipinski definition) is 0. The molecule has 1 heterocycles. The number of carbonyl (C=O) groups excluding carboxylic acids is 1. The molecule has 0 fully saturated rings. The number of hydrogen-bond acceptors (Lipinski definition) is 3. The van der Waals surface area contributed by atoms with Gasteiger partial charge in [-0.05, 0) is 37.1 Å². The van der Waals surface area contributed by atoms with E-state index in [1.807, 2.05) is 18.2 Å². The van der Waals surface area contributed by atoms with Gasteiger partial charge in [-0.1, -0.05) is 24.3 Å². The average molecular weight is 286 g/mol. The van der Waals surface area contributed by atoms with Crippen LogP contribution >= 0.6 is 0 Å². The summed E-state index contributed by atoms with van der Waals surface area (Å²) in [5.41, 5.74) is 0.383. The monoisotopic (exact) mass is 286 g/mol. The molecule has 0 saturated carbocycles. The molecular formula is C17H15FO3. The SMILES string of the molecule is CC(C=O)(Cc1ccc2c(c1)OCO2)c1ccccc1F. The molecule has 1 aliphatic rings. The predicted octanol–water partition coefficient (Wildman–Crippen LogP) is 3.25. The van der Waals surface area contributed by atoms with Crippen LogP contribution in [0.25, 0.3) is 0 Å². The molecule has 2 aromatic carbocycles. The zero-order valence-corrected chi connectivity index (χ0v) is 11.6. The lowest BCUT2D eigenvalue weighted by Gasteiger charge is -2.24. The summed E-state index contributed by atoms with van der Waals surface area (Å²) in [5, 5.41) is 0. The van der Waals surface area contributed by atoms with Crippen LogP contribution in [-0.2, 0) is 16.6 Å². The van der Waals surface area contributed by atoms with Crippen molar-refractivity contribution >= 4 is 6.29 Å². The summed E-state index contributed by atoms with van der Waals surface area (Å²) in [6, 6.07) is 11.9. The van der Waals surface area contributed by atoms with E-state index in [4.69, 9.17) is 9.47 Å². The smallest absolute Gasteiger partial charge is 0.231 e. The maximum Gasteiger partial charge on any atom is 0.231 e. The lowest BCUT2D eigenvalue weighted by Crippen LogP contribution is -2.28. The Morgan fingerprint density at radius 3 is 2.71 bits per heavy atom. The number of ether oxygens (including phenoxy) is 2. The third kappa shape index (κ3) is 2.49. The van der Waals surface area contributed by atoms with Crippen LogP contribution in [0, 0.1) is 5.82 Å². The van der Waals surface area contributed by atoms with Gasteiger partial charge in [0.15, 0.2) is 11.5 Å². The van der Waals surface area contributed by atoms with E-state index < -0.39 is 5.41 Å². The Kier molecular flexibility index (Phi) is 3.37. The summed E-state index contributed by atoms with van der Waals surface area (Å²) >= 11 is 0. The Labute approximate surface area is 122 Å². The van der Waals surface area contributed by atoms with Crippen molar-refractivity contribution in [3.8, 4) is 11.5 Å². The molecule has 0 radical (unpaired) electrons. The molecule has 4 heteroatoms. The zero-order chi connectivity index (χ0) is 14.9. The Balaban J connectivity index is 1.94. The minimum absolute atomic E-state index is 0.205. The molecule has 108 valence electrons. The van der Waals surface area contributed by atoms with Crippen LogP contribution in [0.1, 0.15) is 18.1 Å². The molecule has 0 aromatic heterocycles. The van der Waals surface area contributed by atoms with E-state index in [0.717, 1.165) is 11.8 Å². The summed E-state index contributed by atoms with van der Waals surface area (Å²) < 4.78 is 24.6. The van der Waals surface area contributed by atoms with Crippen molar-refractivity contribution in [3.63, 3.8) is 0 Å². The molecule has 0 spiro atoms. The highest BCUT2D eigenvalue weighted by Crippen LogP contribution is 2.35. The van der Waals surface area contributed by atoms with E-state index in [1.165, 1.54) is 6.07 Å². The molecule has 21 heavy (non-hydrogen) atoms. The molecule has 3 rings (SSSR count). The van der Waals surface area contributed by atoms with Crippen molar-refractivity contribution in [2.24, 2.45) is 0 Å². The minimum Gasteiger partial charge on any atom is -0.454 e. The molecule has 1 unspecified atom stereocenters. The second-order valence-electron chi connectivity index (χ2n) is 5.38. The van der Waals surface area contributed by atoms with Gasteiger partial charge in [-0.2, -0.15) is 0 Å². The zero-order valence-electron chi connectivity index (χ0n) is 11.6. The number of aldehydes is 1. The highest BCUT2D eigenvalue weighted by molar-refractivity contribution is 5.69. The van der Waals surface area contributed by atoms with Gasteiger partial charge in [0.1, 0.15) is 12.1 Å². The summed E-state index contributed by atoms with van der Waals surface area (Å²) in [4.78, 5) is 11.6.